The average Bonchev–Trinajstić information content (AvgIpc) is 2.85. The monoisotopic (exact) mass is 193 g/mol. The summed E-state index contributed by atoms with van der Waals surface area (Å²) in [6.07, 6.45) is 3.69. The molecule has 1 heterocycles. The molecule has 3 heteroatoms. The van der Waals surface area contributed by atoms with Crippen molar-refractivity contribution >= 4 is 0 Å². The Labute approximate surface area is 85.3 Å². The lowest BCUT2D eigenvalue weighted by Crippen LogP contribution is -2.19. The van der Waals surface area contributed by atoms with Gasteiger partial charge in [0.2, 0.25) is 0 Å². The average molecular weight is 193 g/mol. The van der Waals surface area contributed by atoms with Crippen LogP contribution in [-0.4, -0.2) is 16.3 Å². The molecule has 0 saturated heterocycles. The summed E-state index contributed by atoms with van der Waals surface area (Å²) in [6.45, 7) is 5.97. The molecule has 1 aliphatic rings. The molecule has 0 atom stereocenters. The molecule has 1 aromatic heterocycles. The first-order valence-corrected chi connectivity index (χ1v) is 5.42. The smallest absolute Gasteiger partial charge is 0.0596 e. The Morgan fingerprint density at radius 3 is 2.79 bits per heavy atom. The van der Waals surface area contributed by atoms with Gasteiger partial charge in [0.1, 0.15) is 0 Å². The first-order chi connectivity index (χ1) is 6.69. The van der Waals surface area contributed by atoms with Gasteiger partial charge in [-0.15, -0.1) is 0 Å². The van der Waals surface area contributed by atoms with Gasteiger partial charge in [0.05, 0.1) is 5.69 Å². The fourth-order valence-electron chi connectivity index (χ4n) is 2.03. The van der Waals surface area contributed by atoms with Crippen LogP contribution in [0.2, 0.25) is 0 Å². The van der Waals surface area contributed by atoms with E-state index in [9.17, 15) is 0 Å². The van der Waals surface area contributed by atoms with Crippen molar-refractivity contribution in [3.63, 3.8) is 0 Å². The predicted octanol–water partition coefficient (Wildman–Crippen LogP) is 1.49. The number of aryl methyl sites for hydroxylation is 2. The summed E-state index contributed by atoms with van der Waals surface area (Å²) >= 11 is 0. The van der Waals surface area contributed by atoms with E-state index in [1.807, 2.05) is 0 Å². The Morgan fingerprint density at radius 2 is 2.29 bits per heavy atom. The van der Waals surface area contributed by atoms with E-state index in [4.69, 9.17) is 5.73 Å². The van der Waals surface area contributed by atoms with E-state index in [0.717, 1.165) is 25.2 Å². The molecule has 1 saturated carbocycles. The number of rotatable bonds is 4. The fourth-order valence-corrected chi connectivity index (χ4v) is 2.03. The summed E-state index contributed by atoms with van der Waals surface area (Å²) in [6, 6.07) is 2.19. The zero-order valence-electron chi connectivity index (χ0n) is 9.08. The number of hydrogen-bond donors (Lipinski definition) is 1. The minimum atomic E-state index is 0.416. The van der Waals surface area contributed by atoms with Gasteiger partial charge in [0.15, 0.2) is 0 Å². The topological polar surface area (TPSA) is 43.8 Å². The summed E-state index contributed by atoms with van der Waals surface area (Å²) in [4.78, 5) is 0. The molecule has 0 radical (unpaired) electrons. The molecule has 14 heavy (non-hydrogen) atoms. The van der Waals surface area contributed by atoms with Gasteiger partial charge < -0.3 is 5.73 Å². The van der Waals surface area contributed by atoms with Gasteiger partial charge in [-0.25, -0.2) is 0 Å². The zero-order chi connectivity index (χ0) is 10.2. The largest absolute Gasteiger partial charge is 0.330 e. The van der Waals surface area contributed by atoms with Crippen molar-refractivity contribution in [1.82, 2.24) is 9.78 Å². The van der Waals surface area contributed by atoms with E-state index in [-0.39, 0.29) is 0 Å². The fraction of sp³-hybridized carbons (Fsp3) is 0.727. The quantitative estimate of drug-likeness (QED) is 0.787. The number of nitrogens with zero attached hydrogens (tertiary/aromatic N) is 2. The summed E-state index contributed by atoms with van der Waals surface area (Å²) in [5.41, 5.74) is 8.68. The molecule has 3 nitrogen and oxygen atoms in total. The standard InChI is InChI=1S/C11H19N3/c1-3-14-10(6-9(2)13-14)7-11(8-12)4-5-11/h6H,3-5,7-8,12H2,1-2H3. The summed E-state index contributed by atoms with van der Waals surface area (Å²) < 4.78 is 2.10. The van der Waals surface area contributed by atoms with E-state index < -0.39 is 0 Å². The molecule has 0 aromatic carbocycles. The van der Waals surface area contributed by atoms with Crippen LogP contribution in [0, 0.1) is 12.3 Å². The predicted molar refractivity (Wildman–Crippen MR) is 57.1 cm³/mol. The van der Waals surface area contributed by atoms with Crippen molar-refractivity contribution < 1.29 is 0 Å². The van der Waals surface area contributed by atoms with Gasteiger partial charge in [0.25, 0.3) is 0 Å². The Bertz CT molecular complexity index is 323. The third kappa shape index (κ3) is 1.69. The molecule has 0 aliphatic heterocycles. The zero-order valence-corrected chi connectivity index (χ0v) is 9.08. The maximum absolute atomic E-state index is 5.79. The minimum absolute atomic E-state index is 0.416. The second kappa shape index (κ2) is 3.39. The Balaban J connectivity index is 2.15. The molecule has 2 rings (SSSR count). The van der Waals surface area contributed by atoms with Gasteiger partial charge in [-0.1, -0.05) is 0 Å². The summed E-state index contributed by atoms with van der Waals surface area (Å²) in [5.74, 6) is 0. The Hall–Kier alpha value is -0.830. The first-order valence-electron chi connectivity index (χ1n) is 5.42. The van der Waals surface area contributed by atoms with Crippen molar-refractivity contribution in [2.24, 2.45) is 11.1 Å². The highest BCUT2D eigenvalue weighted by molar-refractivity contribution is 5.14. The Kier molecular flexibility index (Phi) is 2.35. The highest BCUT2D eigenvalue weighted by Gasteiger charge is 2.41. The van der Waals surface area contributed by atoms with Gasteiger partial charge in [-0.2, -0.15) is 5.10 Å². The molecule has 0 amide bonds. The van der Waals surface area contributed by atoms with Crippen LogP contribution in [0.25, 0.3) is 0 Å². The lowest BCUT2D eigenvalue weighted by molar-refractivity contribution is 0.486. The maximum Gasteiger partial charge on any atom is 0.0596 e. The molecule has 2 N–H and O–H groups in total. The number of hydrogen-bond acceptors (Lipinski definition) is 2. The van der Waals surface area contributed by atoms with Gasteiger partial charge in [0, 0.05) is 12.2 Å². The molecule has 78 valence electrons. The molecule has 0 spiro atoms. The molecular formula is C11H19N3. The molecule has 1 fully saturated rings. The molecule has 0 bridgehead atoms. The first kappa shape index (κ1) is 9.71. The summed E-state index contributed by atoms with van der Waals surface area (Å²) in [7, 11) is 0. The molecule has 0 unspecified atom stereocenters. The SMILES string of the molecule is CCn1nc(C)cc1CC1(CN)CC1. The summed E-state index contributed by atoms with van der Waals surface area (Å²) in [5, 5.41) is 4.45. The van der Waals surface area contributed by atoms with Crippen molar-refractivity contribution in [2.75, 3.05) is 6.54 Å². The second-order valence-electron chi connectivity index (χ2n) is 4.47. The van der Waals surface area contributed by atoms with Crippen molar-refractivity contribution in [3.8, 4) is 0 Å². The van der Waals surface area contributed by atoms with Crippen LogP contribution in [-0.2, 0) is 13.0 Å². The molecule has 1 aromatic rings. The molecule has 1 aliphatic carbocycles. The number of aromatic nitrogens is 2. The van der Waals surface area contributed by atoms with E-state index in [2.05, 4.69) is 29.7 Å². The van der Waals surface area contributed by atoms with E-state index in [1.165, 1.54) is 18.5 Å². The van der Waals surface area contributed by atoms with Crippen LogP contribution < -0.4 is 5.73 Å². The second-order valence-corrected chi connectivity index (χ2v) is 4.47. The van der Waals surface area contributed by atoms with E-state index in [0.29, 0.717) is 5.41 Å². The van der Waals surface area contributed by atoms with Gasteiger partial charge >= 0.3 is 0 Å². The van der Waals surface area contributed by atoms with Gasteiger partial charge in [-0.05, 0) is 51.1 Å². The highest BCUT2D eigenvalue weighted by Crippen LogP contribution is 2.47. The lowest BCUT2D eigenvalue weighted by atomic mass is 10.0. The van der Waals surface area contributed by atoms with Crippen LogP contribution >= 0.6 is 0 Å². The number of nitrogens with two attached hydrogens (primary N) is 1. The maximum atomic E-state index is 5.79. The third-order valence-corrected chi connectivity index (χ3v) is 3.23. The highest BCUT2D eigenvalue weighted by atomic mass is 15.3. The van der Waals surface area contributed by atoms with Crippen LogP contribution in [0.3, 0.4) is 0 Å². The molecular weight excluding hydrogens is 174 g/mol. The van der Waals surface area contributed by atoms with Crippen molar-refractivity contribution in [3.05, 3.63) is 17.5 Å². The van der Waals surface area contributed by atoms with Crippen LogP contribution in [0.4, 0.5) is 0 Å². The third-order valence-electron chi connectivity index (χ3n) is 3.23. The van der Waals surface area contributed by atoms with E-state index >= 15 is 0 Å². The van der Waals surface area contributed by atoms with Crippen LogP contribution in [0.15, 0.2) is 6.07 Å². The normalized spacial score (nSPS) is 18.5. The lowest BCUT2D eigenvalue weighted by Gasteiger charge is -2.12. The van der Waals surface area contributed by atoms with Crippen molar-refractivity contribution in [1.29, 1.82) is 0 Å². The Morgan fingerprint density at radius 1 is 1.57 bits per heavy atom. The van der Waals surface area contributed by atoms with Crippen molar-refractivity contribution in [2.45, 2.75) is 39.7 Å². The van der Waals surface area contributed by atoms with E-state index in [1.54, 1.807) is 0 Å². The van der Waals surface area contributed by atoms with Crippen LogP contribution in [0.1, 0.15) is 31.2 Å². The van der Waals surface area contributed by atoms with Gasteiger partial charge in [-0.3, -0.25) is 4.68 Å². The van der Waals surface area contributed by atoms with Crippen LogP contribution in [0.5, 0.6) is 0 Å². The minimum Gasteiger partial charge on any atom is -0.330 e.